The van der Waals surface area contributed by atoms with Crippen LogP contribution in [0, 0.1) is 18.3 Å². The molecule has 0 saturated heterocycles. The van der Waals surface area contributed by atoms with Crippen molar-refractivity contribution in [3.05, 3.63) is 77.2 Å². The van der Waals surface area contributed by atoms with Gasteiger partial charge in [-0.15, -0.1) is 0 Å². The minimum Gasteiger partial charge on any atom is -0.380 e. The van der Waals surface area contributed by atoms with Crippen molar-refractivity contribution in [1.29, 1.82) is 5.26 Å². The molecule has 0 unspecified atom stereocenters. The lowest BCUT2D eigenvalue weighted by atomic mass is 10.1. The zero-order chi connectivity index (χ0) is 17.6. The lowest BCUT2D eigenvalue weighted by molar-refractivity contribution is 0.184. The van der Waals surface area contributed by atoms with Crippen LogP contribution >= 0.6 is 0 Å². The van der Waals surface area contributed by atoms with Crippen molar-refractivity contribution in [1.82, 2.24) is 9.55 Å². The Morgan fingerprint density at radius 2 is 1.88 bits per heavy atom. The first-order valence-electron chi connectivity index (χ1n) is 8.08. The van der Waals surface area contributed by atoms with Gasteiger partial charge in [0, 0.05) is 31.6 Å². The van der Waals surface area contributed by atoms with Gasteiger partial charge in [0.25, 0.3) is 0 Å². The van der Waals surface area contributed by atoms with Crippen LogP contribution in [0.2, 0.25) is 0 Å². The Labute approximate surface area is 147 Å². The molecule has 0 spiro atoms. The number of hydrogen-bond acceptors (Lipinski definition) is 4. The molecule has 0 aliphatic carbocycles. The molecule has 1 N–H and O–H groups in total. The Hall–Kier alpha value is -3.10. The number of nitrogens with zero attached hydrogens (tertiary/aromatic N) is 3. The average molecular weight is 332 g/mol. The van der Waals surface area contributed by atoms with Gasteiger partial charge in [0.15, 0.2) is 0 Å². The van der Waals surface area contributed by atoms with E-state index in [2.05, 4.69) is 16.4 Å². The fourth-order valence-corrected chi connectivity index (χ4v) is 2.90. The second-order valence-corrected chi connectivity index (χ2v) is 5.72. The van der Waals surface area contributed by atoms with Gasteiger partial charge in [0.05, 0.1) is 18.0 Å². The van der Waals surface area contributed by atoms with Crippen molar-refractivity contribution < 1.29 is 4.74 Å². The van der Waals surface area contributed by atoms with Crippen LogP contribution in [0.5, 0.6) is 0 Å². The number of benzene rings is 1. The number of pyridine rings is 1. The molecule has 0 fully saturated rings. The van der Waals surface area contributed by atoms with Crippen LogP contribution in [-0.4, -0.2) is 16.7 Å². The summed E-state index contributed by atoms with van der Waals surface area (Å²) in [6.45, 7) is 2.90. The number of ether oxygens (including phenoxy) is 1. The summed E-state index contributed by atoms with van der Waals surface area (Å²) in [4.78, 5) is 4.65. The second kappa shape index (κ2) is 7.65. The van der Waals surface area contributed by atoms with Gasteiger partial charge in [-0.1, -0.05) is 30.3 Å². The van der Waals surface area contributed by atoms with E-state index in [9.17, 15) is 5.26 Å². The summed E-state index contributed by atoms with van der Waals surface area (Å²) in [5, 5.41) is 13.0. The average Bonchev–Trinajstić information content (AvgIpc) is 3.15. The van der Waals surface area contributed by atoms with Crippen LogP contribution in [0.4, 0.5) is 5.82 Å². The molecular weight excluding hydrogens is 312 g/mol. The first-order chi connectivity index (χ1) is 12.2. The predicted molar refractivity (Wildman–Crippen MR) is 97.5 cm³/mol. The summed E-state index contributed by atoms with van der Waals surface area (Å²) in [5.74, 6) is 0.590. The zero-order valence-electron chi connectivity index (χ0n) is 14.4. The van der Waals surface area contributed by atoms with Crippen molar-refractivity contribution >= 4 is 5.82 Å². The first-order valence-corrected chi connectivity index (χ1v) is 8.08. The summed E-state index contributed by atoms with van der Waals surface area (Å²) < 4.78 is 7.33. The fraction of sp³-hybridized carbons (Fsp3) is 0.200. The summed E-state index contributed by atoms with van der Waals surface area (Å²) in [7, 11) is 1.63. The molecule has 126 valence electrons. The number of aromatic nitrogens is 2. The van der Waals surface area contributed by atoms with Crippen LogP contribution < -0.4 is 5.32 Å². The highest BCUT2D eigenvalue weighted by atomic mass is 16.5. The minimum atomic E-state index is 0.347. The van der Waals surface area contributed by atoms with Gasteiger partial charge < -0.3 is 14.6 Å². The van der Waals surface area contributed by atoms with Crippen molar-refractivity contribution in [3.8, 4) is 11.8 Å². The Balaban J connectivity index is 2.03. The van der Waals surface area contributed by atoms with Gasteiger partial charge in [-0.2, -0.15) is 5.26 Å². The molecule has 2 heterocycles. The molecule has 0 aliphatic heterocycles. The van der Waals surface area contributed by atoms with E-state index >= 15 is 0 Å². The van der Waals surface area contributed by atoms with Gasteiger partial charge in [-0.05, 0) is 24.6 Å². The van der Waals surface area contributed by atoms with Crippen molar-refractivity contribution in [2.24, 2.45) is 0 Å². The van der Waals surface area contributed by atoms with Gasteiger partial charge in [-0.3, -0.25) is 0 Å². The maximum absolute atomic E-state index is 9.74. The topological polar surface area (TPSA) is 62.9 Å². The van der Waals surface area contributed by atoms with Crippen molar-refractivity contribution in [2.45, 2.75) is 20.1 Å². The molecule has 0 amide bonds. The number of hydrogen-bond donors (Lipinski definition) is 1. The largest absolute Gasteiger partial charge is 0.380 e. The molecule has 0 aliphatic rings. The van der Waals surface area contributed by atoms with E-state index in [1.807, 2.05) is 66.3 Å². The Morgan fingerprint density at radius 3 is 2.52 bits per heavy atom. The minimum absolute atomic E-state index is 0.347. The number of anilines is 1. The molecule has 1 aromatic carbocycles. The molecule has 3 aromatic rings. The Kier molecular flexibility index (Phi) is 5.12. The standard InChI is InChI=1S/C20H20N4O/c1-15-19(24-10-6-7-11-24)18(14-25-2)17(12-21)20(23-15)22-13-16-8-4-3-5-9-16/h3-11H,13-14H2,1-2H3,(H,22,23). The number of nitriles is 1. The number of methoxy groups -OCH3 is 1. The molecule has 2 aromatic heterocycles. The van der Waals surface area contributed by atoms with Gasteiger partial charge in [-0.25, -0.2) is 4.98 Å². The van der Waals surface area contributed by atoms with E-state index in [4.69, 9.17) is 4.74 Å². The molecule has 0 bridgehead atoms. The maximum atomic E-state index is 9.74. The van der Waals surface area contributed by atoms with E-state index in [0.717, 1.165) is 22.5 Å². The van der Waals surface area contributed by atoms with Crippen molar-refractivity contribution in [3.63, 3.8) is 0 Å². The third kappa shape index (κ3) is 3.54. The van der Waals surface area contributed by atoms with Gasteiger partial charge >= 0.3 is 0 Å². The summed E-state index contributed by atoms with van der Waals surface area (Å²) in [6.07, 6.45) is 3.89. The zero-order valence-corrected chi connectivity index (χ0v) is 14.4. The lowest BCUT2D eigenvalue weighted by Crippen LogP contribution is -2.12. The van der Waals surface area contributed by atoms with E-state index in [-0.39, 0.29) is 0 Å². The third-order valence-corrected chi connectivity index (χ3v) is 4.01. The molecular formula is C20H20N4O. The molecule has 5 heteroatoms. The summed E-state index contributed by atoms with van der Waals surface area (Å²) in [6, 6.07) is 16.2. The maximum Gasteiger partial charge on any atom is 0.145 e. The highest BCUT2D eigenvalue weighted by molar-refractivity contribution is 5.64. The predicted octanol–water partition coefficient (Wildman–Crippen LogP) is 3.81. The third-order valence-electron chi connectivity index (χ3n) is 4.01. The smallest absolute Gasteiger partial charge is 0.145 e. The van der Waals surface area contributed by atoms with Crippen molar-refractivity contribution in [2.75, 3.05) is 12.4 Å². The first kappa shape index (κ1) is 16.7. The van der Waals surface area contributed by atoms with Crippen LogP contribution in [0.25, 0.3) is 5.69 Å². The highest BCUT2D eigenvalue weighted by Crippen LogP contribution is 2.28. The Morgan fingerprint density at radius 1 is 1.16 bits per heavy atom. The molecule has 3 rings (SSSR count). The van der Waals surface area contributed by atoms with E-state index in [0.29, 0.717) is 24.5 Å². The number of nitrogens with one attached hydrogen (secondary N) is 1. The number of aryl methyl sites for hydroxylation is 1. The van der Waals surface area contributed by atoms with Gasteiger partial charge in [0.2, 0.25) is 0 Å². The fourth-order valence-electron chi connectivity index (χ4n) is 2.90. The highest BCUT2D eigenvalue weighted by Gasteiger charge is 2.18. The van der Waals surface area contributed by atoms with Crippen LogP contribution in [0.1, 0.15) is 22.4 Å². The van der Waals surface area contributed by atoms with Crippen LogP contribution in [0.3, 0.4) is 0 Å². The van der Waals surface area contributed by atoms with E-state index in [1.165, 1.54) is 0 Å². The number of rotatable bonds is 6. The molecule has 25 heavy (non-hydrogen) atoms. The summed E-state index contributed by atoms with van der Waals surface area (Å²) in [5.41, 5.74) is 4.23. The quantitative estimate of drug-likeness (QED) is 0.745. The summed E-state index contributed by atoms with van der Waals surface area (Å²) >= 11 is 0. The SMILES string of the molecule is COCc1c(C#N)c(NCc2ccccc2)nc(C)c1-n1cccc1. The van der Waals surface area contributed by atoms with E-state index < -0.39 is 0 Å². The molecule has 0 atom stereocenters. The second-order valence-electron chi connectivity index (χ2n) is 5.72. The lowest BCUT2D eigenvalue weighted by Gasteiger charge is -2.18. The molecule has 5 nitrogen and oxygen atoms in total. The van der Waals surface area contributed by atoms with Crippen LogP contribution in [-0.2, 0) is 17.9 Å². The van der Waals surface area contributed by atoms with E-state index in [1.54, 1.807) is 7.11 Å². The monoisotopic (exact) mass is 332 g/mol. The van der Waals surface area contributed by atoms with Gasteiger partial charge in [0.1, 0.15) is 17.5 Å². The normalized spacial score (nSPS) is 10.4. The Bertz CT molecular complexity index is 880. The van der Waals surface area contributed by atoms with Crippen LogP contribution in [0.15, 0.2) is 54.9 Å². The molecule has 0 radical (unpaired) electrons. The molecule has 0 saturated carbocycles.